The molecule has 0 aliphatic rings. The summed E-state index contributed by atoms with van der Waals surface area (Å²) in [5, 5.41) is 0. The van der Waals surface area contributed by atoms with E-state index >= 15 is 0 Å². The van der Waals surface area contributed by atoms with Gasteiger partial charge in [0, 0.05) is 6.04 Å². The molecule has 0 aliphatic carbocycles. The third kappa shape index (κ3) is 3.68. The number of rotatable bonds is 6. The Bertz CT molecular complexity index is 116. The Hall–Kier alpha value is -0.0400. The van der Waals surface area contributed by atoms with E-state index in [0.29, 0.717) is 0 Å². The lowest BCUT2D eigenvalue weighted by molar-refractivity contribution is 0.139. The first-order valence-corrected chi connectivity index (χ1v) is 5.74. The van der Waals surface area contributed by atoms with Crippen LogP contribution in [0.4, 0.5) is 0 Å². The van der Waals surface area contributed by atoms with Crippen molar-refractivity contribution in [1.29, 1.82) is 0 Å². The van der Waals surface area contributed by atoms with Crippen LogP contribution in [0.3, 0.4) is 0 Å². The molecule has 0 N–H and O–H groups in total. The van der Waals surface area contributed by atoms with Gasteiger partial charge in [0.25, 0.3) is 0 Å². The first kappa shape index (κ1) is 13.0. The molecular weight excluding hydrogens is 158 g/mol. The predicted molar refractivity (Wildman–Crippen MR) is 61.0 cm³/mol. The lowest BCUT2D eigenvalue weighted by atomic mass is 9.84. The van der Waals surface area contributed by atoms with Crippen LogP contribution < -0.4 is 0 Å². The molecule has 2 unspecified atom stereocenters. The molecule has 0 bridgehead atoms. The molecule has 13 heavy (non-hydrogen) atoms. The Labute approximate surface area is 84.5 Å². The molecule has 0 aromatic heterocycles. The summed E-state index contributed by atoms with van der Waals surface area (Å²) >= 11 is 0. The van der Waals surface area contributed by atoms with E-state index in [1.807, 2.05) is 0 Å². The van der Waals surface area contributed by atoms with E-state index in [9.17, 15) is 0 Å². The Kier molecular flexibility index (Phi) is 6.40. The molecule has 0 amide bonds. The van der Waals surface area contributed by atoms with Crippen molar-refractivity contribution < 1.29 is 0 Å². The van der Waals surface area contributed by atoms with E-state index in [4.69, 9.17) is 0 Å². The summed E-state index contributed by atoms with van der Waals surface area (Å²) in [7, 11) is 4.43. The molecule has 2 atom stereocenters. The van der Waals surface area contributed by atoms with E-state index in [1.54, 1.807) is 0 Å². The number of hydrogen-bond acceptors (Lipinski definition) is 1. The molecule has 1 heteroatoms. The van der Waals surface area contributed by atoms with Gasteiger partial charge in [-0.05, 0) is 25.9 Å². The van der Waals surface area contributed by atoms with Gasteiger partial charge in [-0.2, -0.15) is 0 Å². The average Bonchev–Trinajstić information content (AvgIpc) is 2.12. The fourth-order valence-corrected chi connectivity index (χ4v) is 2.41. The molecule has 0 aromatic carbocycles. The van der Waals surface area contributed by atoms with Gasteiger partial charge in [-0.3, -0.25) is 0 Å². The maximum absolute atomic E-state index is 2.41. The van der Waals surface area contributed by atoms with Crippen molar-refractivity contribution in [1.82, 2.24) is 4.90 Å². The van der Waals surface area contributed by atoms with Gasteiger partial charge in [-0.25, -0.2) is 0 Å². The van der Waals surface area contributed by atoms with Crippen LogP contribution >= 0.6 is 0 Å². The highest BCUT2D eigenvalue weighted by atomic mass is 15.1. The smallest absolute Gasteiger partial charge is 0.0143 e. The van der Waals surface area contributed by atoms with Gasteiger partial charge in [-0.1, -0.05) is 47.0 Å². The summed E-state index contributed by atoms with van der Waals surface area (Å²) < 4.78 is 0. The van der Waals surface area contributed by atoms with Gasteiger partial charge in [0.1, 0.15) is 0 Å². The van der Waals surface area contributed by atoms with Gasteiger partial charge >= 0.3 is 0 Å². The van der Waals surface area contributed by atoms with E-state index in [-0.39, 0.29) is 0 Å². The summed E-state index contributed by atoms with van der Waals surface area (Å²) in [6.45, 7) is 9.30. The Balaban J connectivity index is 4.38. The molecule has 0 heterocycles. The SMILES string of the molecule is CCC(C)C(C(CC)CC)N(C)C. The topological polar surface area (TPSA) is 3.24 Å². The lowest BCUT2D eigenvalue weighted by Crippen LogP contribution is -2.40. The van der Waals surface area contributed by atoms with Crippen molar-refractivity contribution in [3.63, 3.8) is 0 Å². The van der Waals surface area contributed by atoms with E-state index < -0.39 is 0 Å². The Morgan fingerprint density at radius 1 is 0.923 bits per heavy atom. The van der Waals surface area contributed by atoms with Crippen LogP contribution in [0.15, 0.2) is 0 Å². The van der Waals surface area contributed by atoms with Crippen molar-refractivity contribution in [2.24, 2.45) is 11.8 Å². The zero-order valence-electron chi connectivity index (χ0n) is 10.3. The summed E-state index contributed by atoms with van der Waals surface area (Å²) in [5.41, 5.74) is 0. The molecule has 1 nitrogen and oxygen atoms in total. The third-order valence-electron chi connectivity index (χ3n) is 3.35. The zero-order valence-corrected chi connectivity index (χ0v) is 10.3. The van der Waals surface area contributed by atoms with Crippen molar-refractivity contribution in [3.8, 4) is 0 Å². The molecule has 80 valence electrons. The van der Waals surface area contributed by atoms with Gasteiger partial charge in [-0.15, -0.1) is 0 Å². The van der Waals surface area contributed by atoms with Gasteiger partial charge in [0.2, 0.25) is 0 Å². The molecule has 0 rings (SSSR count). The lowest BCUT2D eigenvalue weighted by Gasteiger charge is -2.35. The second-order valence-corrected chi connectivity index (χ2v) is 4.42. The zero-order chi connectivity index (χ0) is 10.4. The molecule has 0 spiro atoms. The number of nitrogens with zero attached hydrogens (tertiary/aromatic N) is 1. The fraction of sp³-hybridized carbons (Fsp3) is 1.00. The molecule has 0 saturated heterocycles. The maximum atomic E-state index is 2.41. The van der Waals surface area contributed by atoms with Crippen molar-refractivity contribution in [2.75, 3.05) is 14.1 Å². The third-order valence-corrected chi connectivity index (χ3v) is 3.35. The maximum Gasteiger partial charge on any atom is 0.0143 e. The Morgan fingerprint density at radius 2 is 1.38 bits per heavy atom. The van der Waals surface area contributed by atoms with E-state index in [1.165, 1.54) is 19.3 Å². The summed E-state index contributed by atoms with van der Waals surface area (Å²) in [6, 6.07) is 0.764. The van der Waals surface area contributed by atoms with Crippen LogP contribution in [0.2, 0.25) is 0 Å². The van der Waals surface area contributed by atoms with Crippen LogP contribution in [0.5, 0.6) is 0 Å². The van der Waals surface area contributed by atoms with E-state index in [2.05, 4.69) is 46.7 Å². The normalized spacial score (nSPS) is 16.6. The second-order valence-electron chi connectivity index (χ2n) is 4.42. The standard InChI is InChI=1S/C12H27N/c1-7-10(4)12(13(5)6)11(8-2)9-3/h10-12H,7-9H2,1-6H3. The Morgan fingerprint density at radius 3 is 1.62 bits per heavy atom. The fourth-order valence-electron chi connectivity index (χ4n) is 2.41. The first-order valence-electron chi connectivity index (χ1n) is 5.74. The van der Waals surface area contributed by atoms with Gasteiger partial charge in [0.15, 0.2) is 0 Å². The molecule has 0 aromatic rings. The van der Waals surface area contributed by atoms with Crippen LogP contribution in [-0.2, 0) is 0 Å². The molecular formula is C12H27N. The minimum absolute atomic E-state index is 0.764. The highest BCUT2D eigenvalue weighted by molar-refractivity contribution is 4.78. The average molecular weight is 185 g/mol. The quantitative estimate of drug-likeness (QED) is 0.613. The second kappa shape index (κ2) is 6.42. The summed E-state index contributed by atoms with van der Waals surface area (Å²) in [5.74, 6) is 1.69. The monoisotopic (exact) mass is 185 g/mol. The highest BCUT2D eigenvalue weighted by Gasteiger charge is 2.24. The van der Waals surface area contributed by atoms with E-state index in [0.717, 1.165) is 17.9 Å². The van der Waals surface area contributed by atoms with Crippen LogP contribution in [0, 0.1) is 11.8 Å². The molecule has 0 radical (unpaired) electrons. The summed E-state index contributed by atoms with van der Waals surface area (Å²) in [6.07, 6.45) is 3.91. The van der Waals surface area contributed by atoms with Crippen LogP contribution in [-0.4, -0.2) is 25.0 Å². The first-order chi connectivity index (χ1) is 6.08. The minimum Gasteiger partial charge on any atom is -0.306 e. The summed E-state index contributed by atoms with van der Waals surface area (Å²) in [4.78, 5) is 2.41. The van der Waals surface area contributed by atoms with Crippen LogP contribution in [0.1, 0.15) is 47.0 Å². The predicted octanol–water partition coefficient (Wildman–Crippen LogP) is 3.40. The van der Waals surface area contributed by atoms with Crippen molar-refractivity contribution in [3.05, 3.63) is 0 Å². The van der Waals surface area contributed by atoms with Gasteiger partial charge in [0.05, 0.1) is 0 Å². The largest absolute Gasteiger partial charge is 0.306 e. The molecule has 0 fully saturated rings. The minimum atomic E-state index is 0.764. The van der Waals surface area contributed by atoms with Crippen molar-refractivity contribution >= 4 is 0 Å². The van der Waals surface area contributed by atoms with Crippen LogP contribution in [0.25, 0.3) is 0 Å². The number of hydrogen-bond donors (Lipinski definition) is 0. The van der Waals surface area contributed by atoms with Gasteiger partial charge < -0.3 is 4.90 Å². The van der Waals surface area contributed by atoms with Crippen molar-refractivity contribution in [2.45, 2.75) is 53.0 Å². The highest BCUT2D eigenvalue weighted by Crippen LogP contribution is 2.25. The molecule has 0 saturated carbocycles. The molecule has 0 aliphatic heterocycles.